The van der Waals surface area contributed by atoms with E-state index in [-0.39, 0.29) is 5.91 Å². The van der Waals surface area contributed by atoms with E-state index in [2.05, 4.69) is 45.3 Å². The molecule has 212 valence electrons. The Kier molecular flexibility index (Phi) is 10.1. The summed E-state index contributed by atoms with van der Waals surface area (Å²) in [7, 11) is 1.95. The molecule has 0 spiro atoms. The number of carbonyl (C=O) groups excluding carboxylic acids is 2. The summed E-state index contributed by atoms with van der Waals surface area (Å²) in [5.74, 6) is 1.30. The van der Waals surface area contributed by atoms with E-state index in [1.165, 1.54) is 0 Å². The monoisotopic (exact) mass is 570 g/mol. The van der Waals surface area contributed by atoms with E-state index in [1.54, 1.807) is 0 Å². The van der Waals surface area contributed by atoms with Crippen molar-refractivity contribution in [2.75, 3.05) is 36.1 Å². The van der Waals surface area contributed by atoms with Crippen LogP contribution in [-0.2, 0) is 15.0 Å². The minimum absolute atomic E-state index is 0.0133. The Hall–Kier alpha value is -4.27. The summed E-state index contributed by atoms with van der Waals surface area (Å²) in [6, 6.07) is 23.5. The van der Waals surface area contributed by atoms with E-state index in [1.807, 2.05) is 80.7 Å². The van der Waals surface area contributed by atoms with Gasteiger partial charge in [0.1, 0.15) is 12.6 Å². The first kappa shape index (κ1) is 29.7. The van der Waals surface area contributed by atoms with Crippen molar-refractivity contribution in [3.63, 3.8) is 0 Å². The molecule has 4 N–H and O–H groups in total. The highest BCUT2D eigenvalue weighted by Gasteiger charge is 2.51. The number of carbonyl (C=O) groups is 2. The Morgan fingerprint density at radius 3 is 2.37 bits per heavy atom. The van der Waals surface area contributed by atoms with Gasteiger partial charge in [-0.15, -0.1) is 0 Å². The third-order valence-corrected chi connectivity index (χ3v) is 7.25. The molecule has 5 rings (SSSR count). The molecule has 0 radical (unpaired) electrons. The second-order valence-corrected chi connectivity index (χ2v) is 10.4. The van der Waals surface area contributed by atoms with Gasteiger partial charge in [-0.25, -0.2) is 4.98 Å². The van der Waals surface area contributed by atoms with Crippen LogP contribution in [-0.4, -0.2) is 42.8 Å². The number of nitrogens with zero attached hydrogens (tertiary/aromatic N) is 2. The molecule has 0 atom stereocenters. The van der Waals surface area contributed by atoms with Crippen LogP contribution >= 0.6 is 11.6 Å². The Labute approximate surface area is 246 Å². The van der Waals surface area contributed by atoms with E-state index >= 15 is 0 Å². The number of nitrogens with one attached hydrogen (secondary N) is 4. The van der Waals surface area contributed by atoms with Gasteiger partial charge < -0.3 is 26.1 Å². The van der Waals surface area contributed by atoms with Gasteiger partial charge in [0.2, 0.25) is 11.9 Å². The molecule has 1 fully saturated rings. The number of amides is 1. The summed E-state index contributed by atoms with van der Waals surface area (Å²) >= 11 is 6.04. The second kappa shape index (κ2) is 13.9. The molecular weight excluding hydrogens is 536 g/mol. The zero-order valence-corrected chi connectivity index (χ0v) is 24.1. The SMILES string of the molecule is C=O.CNCCCNc1nc(Nc2cccc(C)c2)ncc1-c1ccc(NC(=O)C2(c3ccc(Cl)cc3)CC2)cc1. The zero-order chi connectivity index (χ0) is 29.2. The number of aromatic nitrogens is 2. The molecular formula is C32H35ClN6O2. The van der Waals surface area contributed by atoms with E-state index in [0.29, 0.717) is 11.0 Å². The van der Waals surface area contributed by atoms with Crippen molar-refractivity contribution >= 4 is 47.4 Å². The number of halogens is 1. The molecule has 9 heteroatoms. The molecule has 0 aliphatic heterocycles. The molecule has 1 amide bonds. The average molecular weight is 571 g/mol. The molecule has 1 aromatic heterocycles. The van der Waals surface area contributed by atoms with Crippen LogP contribution in [0.4, 0.5) is 23.1 Å². The van der Waals surface area contributed by atoms with Crippen LogP contribution < -0.4 is 21.3 Å². The number of anilines is 4. The van der Waals surface area contributed by atoms with Gasteiger partial charge in [0.15, 0.2) is 0 Å². The molecule has 8 nitrogen and oxygen atoms in total. The highest BCUT2D eigenvalue weighted by molar-refractivity contribution is 6.30. The predicted octanol–water partition coefficient (Wildman–Crippen LogP) is 6.36. The lowest BCUT2D eigenvalue weighted by atomic mass is 9.95. The fourth-order valence-electron chi connectivity index (χ4n) is 4.64. The maximum Gasteiger partial charge on any atom is 0.235 e. The number of hydrogen-bond acceptors (Lipinski definition) is 7. The molecule has 4 aromatic rings. The first-order chi connectivity index (χ1) is 20.0. The topological polar surface area (TPSA) is 108 Å². The highest BCUT2D eigenvalue weighted by atomic mass is 35.5. The van der Waals surface area contributed by atoms with Crippen LogP contribution in [0.2, 0.25) is 5.02 Å². The van der Waals surface area contributed by atoms with E-state index in [9.17, 15) is 4.79 Å². The maximum atomic E-state index is 13.2. The van der Waals surface area contributed by atoms with E-state index < -0.39 is 5.41 Å². The molecule has 3 aromatic carbocycles. The van der Waals surface area contributed by atoms with E-state index in [4.69, 9.17) is 21.4 Å². The predicted molar refractivity (Wildman–Crippen MR) is 167 cm³/mol. The number of hydrogen-bond donors (Lipinski definition) is 4. The molecule has 0 bridgehead atoms. The highest BCUT2D eigenvalue weighted by Crippen LogP contribution is 2.49. The van der Waals surface area contributed by atoms with Crippen molar-refractivity contribution in [3.05, 3.63) is 95.1 Å². The van der Waals surface area contributed by atoms with Gasteiger partial charge in [-0.05, 0) is 92.9 Å². The van der Waals surface area contributed by atoms with Crippen molar-refractivity contribution in [2.24, 2.45) is 0 Å². The summed E-state index contributed by atoms with van der Waals surface area (Å²) in [5.41, 5.74) is 5.25. The first-order valence-corrected chi connectivity index (χ1v) is 13.9. The summed E-state index contributed by atoms with van der Waals surface area (Å²) in [6.07, 6.45) is 4.46. The standard InChI is InChI=1S/C31H33ClN6O.CH2O/c1-21-5-3-6-26(19-21)37-30-35-20-27(28(38-30)34-18-4-17-33-2)22-7-13-25(14-8-22)36-29(39)31(15-16-31)23-9-11-24(32)12-10-23;1-2/h3,5-14,19-20,33H,4,15-18H2,1-2H3,(H,36,39)(H2,34,35,37,38);1H2. The largest absolute Gasteiger partial charge is 0.369 e. The molecule has 1 aliphatic carbocycles. The Bertz CT molecular complexity index is 1460. The summed E-state index contributed by atoms with van der Waals surface area (Å²) < 4.78 is 0. The quantitative estimate of drug-likeness (QED) is 0.155. The minimum atomic E-state index is -0.471. The van der Waals surface area contributed by atoms with E-state index in [0.717, 1.165) is 71.8 Å². The van der Waals surface area contributed by atoms with Crippen molar-refractivity contribution in [2.45, 2.75) is 31.6 Å². The van der Waals surface area contributed by atoms with Crippen LogP contribution in [0.3, 0.4) is 0 Å². The van der Waals surface area contributed by atoms with Gasteiger partial charge in [-0.1, -0.05) is 48.0 Å². The zero-order valence-electron chi connectivity index (χ0n) is 23.3. The van der Waals surface area contributed by atoms with Crippen LogP contribution in [0.1, 0.15) is 30.4 Å². The number of benzene rings is 3. The van der Waals surface area contributed by atoms with Crippen LogP contribution in [0.5, 0.6) is 0 Å². The molecule has 0 saturated heterocycles. The maximum absolute atomic E-state index is 13.2. The number of rotatable bonds is 11. The minimum Gasteiger partial charge on any atom is -0.369 e. The summed E-state index contributed by atoms with van der Waals surface area (Å²) in [6.45, 7) is 5.74. The normalized spacial score (nSPS) is 13.0. The fraction of sp³-hybridized carbons (Fsp3) is 0.250. The third kappa shape index (κ3) is 7.48. The van der Waals surface area contributed by atoms with Gasteiger partial charge >= 0.3 is 0 Å². The Morgan fingerprint density at radius 1 is 0.976 bits per heavy atom. The van der Waals surface area contributed by atoms with Crippen molar-refractivity contribution < 1.29 is 9.59 Å². The van der Waals surface area contributed by atoms with Crippen LogP contribution in [0.15, 0.2) is 79.0 Å². The molecule has 1 aliphatic rings. The second-order valence-electron chi connectivity index (χ2n) is 9.95. The van der Waals surface area contributed by atoms with Gasteiger partial charge in [0.25, 0.3) is 0 Å². The third-order valence-electron chi connectivity index (χ3n) is 6.99. The van der Waals surface area contributed by atoms with Gasteiger partial charge in [-0.3, -0.25) is 4.79 Å². The lowest BCUT2D eigenvalue weighted by molar-refractivity contribution is -0.118. The van der Waals surface area contributed by atoms with Gasteiger partial charge in [0, 0.05) is 34.7 Å². The first-order valence-electron chi connectivity index (χ1n) is 13.5. The smallest absolute Gasteiger partial charge is 0.235 e. The molecule has 1 heterocycles. The Morgan fingerprint density at radius 2 is 1.71 bits per heavy atom. The Balaban J connectivity index is 0.00000189. The van der Waals surface area contributed by atoms with Crippen LogP contribution in [0, 0.1) is 6.92 Å². The lowest BCUT2D eigenvalue weighted by Gasteiger charge is -2.17. The summed E-state index contributed by atoms with van der Waals surface area (Å²) in [4.78, 5) is 30.6. The van der Waals surface area contributed by atoms with Gasteiger partial charge in [0.05, 0.1) is 5.41 Å². The average Bonchev–Trinajstić information content (AvgIpc) is 3.80. The van der Waals surface area contributed by atoms with Crippen molar-refractivity contribution in [3.8, 4) is 11.1 Å². The van der Waals surface area contributed by atoms with Crippen molar-refractivity contribution in [1.82, 2.24) is 15.3 Å². The van der Waals surface area contributed by atoms with Gasteiger partial charge in [-0.2, -0.15) is 4.98 Å². The molecule has 0 unspecified atom stereocenters. The lowest BCUT2D eigenvalue weighted by Crippen LogP contribution is -2.27. The number of aryl methyl sites for hydroxylation is 1. The fourth-order valence-corrected chi connectivity index (χ4v) is 4.76. The molecule has 1 saturated carbocycles. The van der Waals surface area contributed by atoms with Crippen molar-refractivity contribution in [1.29, 1.82) is 0 Å². The molecule has 41 heavy (non-hydrogen) atoms. The van der Waals surface area contributed by atoms with Crippen LogP contribution in [0.25, 0.3) is 11.1 Å². The summed E-state index contributed by atoms with van der Waals surface area (Å²) in [5, 5.41) is 13.7.